The van der Waals surface area contributed by atoms with E-state index in [1.165, 1.54) is 16.7 Å². The monoisotopic (exact) mass is 419 g/mol. The van der Waals surface area contributed by atoms with Crippen molar-refractivity contribution < 1.29 is 14.3 Å². The maximum absolute atomic E-state index is 13.1. The molecule has 1 aromatic heterocycles. The van der Waals surface area contributed by atoms with Crippen LogP contribution < -0.4 is 0 Å². The number of piperidine rings is 1. The highest BCUT2D eigenvalue weighted by Crippen LogP contribution is 2.88. The topological polar surface area (TPSA) is 64.4 Å². The smallest absolute Gasteiger partial charge is 0.359 e. The highest BCUT2D eigenvalue weighted by Gasteiger charge is 2.81. The largest absolute Gasteiger partial charge is 0.461 e. The molecule has 0 N–H and O–H groups in total. The first-order chi connectivity index (χ1) is 15.0. The molecule has 2 aromatic rings. The summed E-state index contributed by atoms with van der Waals surface area (Å²) in [5.41, 5.74) is 6.82. The van der Waals surface area contributed by atoms with E-state index in [2.05, 4.69) is 37.1 Å². The summed E-state index contributed by atoms with van der Waals surface area (Å²) in [4.78, 5) is 27.5. The average Bonchev–Trinajstić information content (AvgIpc) is 3.53. The second-order valence-corrected chi connectivity index (χ2v) is 9.68. The number of aryl methyl sites for hydroxylation is 1. The van der Waals surface area contributed by atoms with Crippen LogP contribution in [0, 0.1) is 25.7 Å². The van der Waals surface area contributed by atoms with Crippen molar-refractivity contribution in [2.75, 3.05) is 19.7 Å². The Balaban J connectivity index is 1.15. The van der Waals surface area contributed by atoms with Crippen LogP contribution in [-0.4, -0.2) is 46.3 Å². The Morgan fingerprint density at radius 2 is 1.87 bits per heavy atom. The van der Waals surface area contributed by atoms with Crippen LogP contribution in [0.2, 0.25) is 0 Å². The molecule has 1 aromatic carbocycles. The second-order valence-electron chi connectivity index (χ2n) is 9.68. The van der Waals surface area contributed by atoms with Gasteiger partial charge in [-0.2, -0.15) is 5.10 Å². The van der Waals surface area contributed by atoms with Gasteiger partial charge >= 0.3 is 5.97 Å². The number of benzene rings is 1. The van der Waals surface area contributed by atoms with E-state index in [9.17, 15) is 9.59 Å². The van der Waals surface area contributed by atoms with Gasteiger partial charge in [0.1, 0.15) is 6.54 Å². The number of aromatic nitrogens is 2. The van der Waals surface area contributed by atoms with Crippen LogP contribution in [0.15, 0.2) is 18.2 Å². The number of nitrogens with zero attached hydrogens (tertiary/aromatic N) is 3. The molecule has 2 saturated carbocycles. The number of hydrogen-bond donors (Lipinski definition) is 0. The maximum Gasteiger partial charge on any atom is 0.359 e. The fourth-order valence-electron chi connectivity index (χ4n) is 6.29. The molecule has 31 heavy (non-hydrogen) atoms. The molecular weight excluding hydrogens is 390 g/mol. The molecule has 2 heterocycles. The molecule has 4 atom stereocenters. The van der Waals surface area contributed by atoms with Crippen LogP contribution in [0.25, 0.3) is 0 Å². The van der Waals surface area contributed by atoms with Crippen LogP contribution in [0.4, 0.5) is 0 Å². The lowest BCUT2D eigenvalue weighted by Gasteiger charge is -2.33. The van der Waals surface area contributed by atoms with Gasteiger partial charge in [-0.3, -0.25) is 9.48 Å². The Labute approximate surface area is 182 Å². The summed E-state index contributed by atoms with van der Waals surface area (Å²) in [6, 6.07) is 6.54. The highest BCUT2D eigenvalue weighted by molar-refractivity contribution is 5.91. The van der Waals surface area contributed by atoms with Crippen molar-refractivity contribution in [2.45, 2.75) is 57.9 Å². The van der Waals surface area contributed by atoms with Gasteiger partial charge in [0.25, 0.3) is 0 Å². The van der Waals surface area contributed by atoms with E-state index in [0.717, 1.165) is 37.2 Å². The third-order valence-corrected chi connectivity index (χ3v) is 8.19. The van der Waals surface area contributed by atoms with Gasteiger partial charge in [-0.25, -0.2) is 4.79 Å². The fraction of sp³-hybridized carbons (Fsp3) is 0.560. The van der Waals surface area contributed by atoms with E-state index >= 15 is 0 Å². The van der Waals surface area contributed by atoms with Crippen molar-refractivity contribution in [2.24, 2.45) is 11.8 Å². The highest BCUT2D eigenvalue weighted by atomic mass is 16.5. The Kier molecular flexibility index (Phi) is 4.11. The summed E-state index contributed by atoms with van der Waals surface area (Å²) in [7, 11) is 0. The molecule has 3 fully saturated rings. The van der Waals surface area contributed by atoms with Gasteiger partial charge in [-0.1, -0.05) is 18.2 Å². The number of rotatable bonds is 5. The molecule has 0 radical (unpaired) electrons. The molecule has 1 aliphatic heterocycles. The van der Waals surface area contributed by atoms with Crippen molar-refractivity contribution in [3.8, 4) is 0 Å². The first-order valence-electron chi connectivity index (χ1n) is 11.6. The quantitative estimate of drug-likeness (QED) is 0.696. The summed E-state index contributed by atoms with van der Waals surface area (Å²) in [6.07, 6.45) is 1.99. The van der Waals surface area contributed by atoms with Crippen molar-refractivity contribution in [1.29, 1.82) is 0 Å². The van der Waals surface area contributed by atoms with Gasteiger partial charge in [0, 0.05) is 30.3 Å². The minimum absolute atomic E-state index is 0.110. The Morgan fingerprint density at radius 1 is 1.13 bits per heavy atom. The molecular formula is C25H29N3O3. The van der Waals surface area contributed by atoms with Crippen LogP contribution in [0.3, 0.4) is 0 Å². The predicted molar refractivity (Wildman–Crippen MR) is 115 cm³/mol. The fourth-order valence-corrected chi connectivity index (χ4v) is 6.29. The lowest BCUT2D eigenvalue weighted by Crippen LogP contribution is -2.40. The molecule has 0 spiro atoms. The number of likely N-dealkylation sites (tertiary alicyclic amines) is 1. The summed E-state index contributed by atoms with van der Waals surface area (Å²) in [6.45, 7) is 8.32. The number of carbonyl (C=O) groups is 2. The van der Waals surface area contributed by atoms with E-state index < -0.39 is 0 Å². The number of esters is 1. The van der Waals surface area contributed by atoms with Crippen molar-refractivity contribution in [3.05, 3.63) is 51.8 Å². The zero-order chi connectivity index (χ0) is 21.4. The minimum Gasteiger partial charge on any atom is -0.461 e. The number of hydrogen-bond acceptors (Lipinski definition) is 4. The molecule has 1 saturated heterocycles. The van der Waals surface area contributed by atoms with Crippen molar-refractivity contribution in [1.82, 2.24) is 14.7 Å². The van der Waals surface area contributed by atoms with Gasteiger partial charge in [0.15, 0.2) is 5.69 Å². The third-order valence-electron chi connectivity index (χ3n) is 8.19. The molecule has 4 aliphatic carbocycles. The number of carbonyl (C=O) groups excluding carboxylic acids is 2. The maximum atomic E-state index is 13.1. The van der Waals surface area contributed by atoms with Crippen LogP contribution in [0.1, 0.15) is 76.0 Å². The summed E-state index contributed by atoms with van der Waals surface area (Å²) >= 11 is 0. The number of ether oxygens (including phenoxy) is 1. The Morgan fingerprint density at radius 3 is 2.58 bits per heavy atom. The predicted octanol–water partition coefficient (Wildman–Crippen LogP) is 3.52. The van der Waals surface area contributed by atoms with Crippen LogP contribution in [-0.2, 0) is 16.1 Å². The third kappa shape index (κ3) is 2.73. The van der Waals surface area contributed by atoms with Gasteiger partial charge in [-0.15, -0.1) is 0 Å². The summed E-state index contributed by atoms with van der Waals surface area (Å²) in [5, 5.41) is 4.56. The minimum atomic E-state index is -0.341. The molecule has 5 aliphatic rings. The SMILES string of the molecule is CCOC(=O)c1nn(CC(=O)N2CCC(c3cccc(C)c3C)CC2)c2c1C1C3C2[C@H]13. The van der Waals surface area contributed by atoms with Crippen LogP contribution >= 0.6 is 0 Å². The standard InChI is InChI=1S/C25H29N3O3/c1-4-31-25(30)23-22-20-18-19(20)21(18)24(22)28(26-23)12-17(29)27-10-8-15(9-11-27)16-7-5-6-13(2)14(16)3/h5-7,15,18-21H,4,8-12H2,1-3H3/t18-,19?,20?,21?/m0/s1. The summed E-state index contributed by atoms with van der Waals surface area (Å²) < 4.78 is 7.05. The van der Waals surface area contributed by atoms with Gasteiger partial charge < -0.3 is 9.64 Å². The molecule has 1 amide bonds. The Hall–Kier alpha value is -2.63. The zero-order valence-electron chi connectivity index (χ0n) is 18.4. The normalized spacial score (nSPS) is 27.6. The Bertz CT molecular complexity index is 1090. The molecule has 7 rings (SSSR count). The molecule has 162 valence electrons. The number of amides is 1. The molecule has 2 bridgehead atoms. The first-order valence-corrected chi connectivity index (χ1v) is 11.6. The summed E-state index contributed by atoms with van der Waals surface area (Å²) in [5.74, 6) is 2.72. The van der Waals surface area contributed by atoms with Crippen LogP contribution in [0.5, 0.6) is 0 Å². The second kappa shape index (κ2) is 6.68. The first kappa shape index (κ1) is 19.1. The molecule has 3 unspecified atom stereocenters. The average molecular weight is 420 g/mol. The lowest BCUT2D eigenvalue weighted by atomic mass is 9.85. The van der Waals surface area contributed by atoms with E-state index in [1.807, 2.05) is 16.5 Å². The molecule has 6 nitrogen and oxygen atoms in total. The van der Waals surface area contributed by atoms with Gasteiger partial charge in [0.05, 0.1) is 6.61 Å². The van der Waals surface area contributed by atoms with Crippen molar-refractivity contribution >= 4 is 11.9 Å². The van der Waals surface area contributed by atoms with E-state index in [4.69, 9.17) is 4.74 Å². The van der Waals surface area contributed by atoms with E-state index in [-0.39, 0.29) is 18.4 Å². The lowest BCUT2D eigenvalue weighted by molar-refractivity contribution is -0.133. The van der Waals surface area contributed by atoms with E-state index in [0.29, 0.717) is 41.9 Å². The van der Waals surface area contributed by atoms with Gasteiger partial charge in [-0.05, 0) is 74.0 Å². The van der Waals surface area contributed by atoms with E-state index in [1.54, 1.807) is 0 Å². The van der Waals surface area contributed by atoms with Crippen molar-refractivity contribution in [3.63, 3.8) is 0 Å². The van der Waals surface area contributed by atoms with Gasteiger partial charge in [0.2, 0.25) is 5.91 Å². The zero-order valence-corrected chi connectivity index (χ0v) is 18.4. The molecule has 6 heteroatoms.